The quantitative estimate of drug-likeness (QED) is 0.659. The normalized spacial score (nSPS) is 16.4. The summed E-state index contributed by atoms with van der Waals surface area (Å²) in [6.07, 6.45) is 2.46. The molecule has 1 saturated heterocycles. The Bertz CT molecular complexity index is 1250. The fourth-order valence-electron chi connectivity index (χ4n) is 3.75. The maximum absolute atomic E-state index is 13.5. The number of halogens is 1. The van der Waals surface area contributed by atoms with Gasteiger partial charge in [-0.05, 0) is 68.1 Å². The van der Waals surface area contributed by atoms with Gasteiger partial charge in [-0.15, -0.1) is 0 Å². The van der Waals surface area contributed by atoms with E-state index in [0.717, 1.165) is 11.1 Å². The van der Waals surface area contributed by atoms with E-state index in [-0.39, 0.29) is 17.0 Å². The number of benzene rings is 2. The van der Waals surface area contributed by atoms with Gasteiger partial charge in [0.05, 0.1) is 22.1 Å². The van der Waals surface area contributed by atoms with Crippen LogP contribution in [0.2, 0.25) is 0 Å². The maximum atomic E-state index is 13.5. The van der Waals surface area contributed by atoms with E-state index in [2.05, 4.69) is 4.98 Å². The number of aromatic nitrogens is 2. The molecule has 2 heterocycles. The SMILES string of the molecule is Cc1ccc(S(=O)(=O)N2CCC(n3cnc4ccc(F)cc4c3=O)CC2)cc1C. The summed E-state index contributed by atoms with van der Waals surface area (Å²) in [6, 6.07) is 8.92. The molecule has 0 spiro atoms. The number of aryl methyl sites for hydroxylation is 2. The lowest BCUT2D eigenvalue weighted by Gasteiger charge is -2.32. The van der Waals surface area contributed by atoms with Gasteiger partial charge in [0.1, 0.15) is 5.82 Å². The Labute approximate surface area is 168 Å². The number of rotatable bonds is 3. The standard InChI is InChI=1S/C21H22FN3O3S/c1-14-3-5-18(11-15(14)2)29(27,28)24-9-7-17(8-10-24)25-13-23-20-6-4-16(22)12-19(20)21(25)26/h3-6,11-13,17H,7-10H2,1-2H3. The molecule has 0 bridgehead atoms. The van der Waals surface area contributed by atoms with Gasteiger partial charge < -0.3 is 0 Å². The van der Waals surface area contributed by atoms with Crippen LogP contribution in [0, 0.1) is 19.7 Å². The molecule has 4 rings (SSSR count). The Hall–Kier alpha value is -2.58. The van der Waals surface area contributed by atoms with Crippen molar-refractivity contribution in [2.45, 2.75) is 37.6 Å². The van der Waals surface area contributed by atoms with Crippen molar-refractivity contribution in [2.24, 2.45) is 0 Å². The lowest BCUT2D eigenvalue weighted by molar-refractivity contribution is 0.269. The first kappa shape index (κ1) is 19.7. The largest absolute Gasteiger partial charge is 0.296 e. The molecule has 8 heteroatoms. The fourth-order valence-corrected chi connectivity index (χ4v) is 5.31. The Balaban J connectivity index is 1.56. The molecule has 6 nitrogen and oxygen atoms in total. The number of hydrogen-bond acceptors (Lipinski definition) is 4. The zero-order valence-corrected chi connectivity index (χ0v) is 17.1. The van der Waals surface area contributed by atoms with Gasteiger partial charge in [0, 0.05) is 19.1 Å². The summed E-state index contributed by atoms with van der Waals surface area (Å²) in [6.45, 7) is 4.46. The van der Waals surface area contributed by atoms with E-state index in [0.29, 0.717) is 36.3 Å². The third-order valence-electron chi connectivity index (χ3n) is 5.68. The van der Waals surface area contributed by atoms with Crippen molar-refractivity contribution in [3.8, 4) is 0 Å². The fraction of sp³-hybridized carbons (Fsp3) is 0.333. The predicted molar refractivity (Wildman–Crippen MR) is 109 cm³/mol. The first-order valence-electron chi connectivity index (χ1n) is 9.51. The first-order chi connectivity index (χ1) is 13.8. The molecule has 0 radical (unpaired) electrons. The molecule has 1 fully saturated rings. The molecule has 3 aromatic rings. The van der Waals surface area contributed by atoms with Crippen LogP contribution < -0.4 is 5.56 Å². The molecular weight excluding hydrogens is 393 g/mol. The number of piperidine rings is 1. The summed E-state index contributed by atoms with van der Waals surface area (Å²) in [5, 5.41) is 0.234. The number of hydrogen-bond donors (Lipinski definition) is 0. The third kappa shape index (κ3) is 3.58. The smallest absolute Gasteiger partial charge is 0.261 e. The van der Waals surface area contributed by atoms with E-state index in [1.54, 1.807) is 12.1 Å². The summed E-state index contributed by atoms with van der Waals surface area (Å²) in [7, 11) is -3.58. The van der Waals surface area contributed by atoms with Gasteiger partial charge in [-0.2, -0.15) is 4.31 Å². The minimum Gasteiger partial charge on any atom is -0.296 e. The van der Waals surface area contributed by atoms with Crippen LogP contribution in [0.25, 0.3) is 10.9 Å². The van der Waals surface area contributed by atoms with E-state index in [9.17, 15) is 17.6 Å². The average Bonchev–Trinajstić information content (AvgIpc) is 2.71. The summed E-state index contributed by atoms with van der Waals surface area (Å²) in [5.41, 5.74) is 2.12. The monoisotopic (exact) mass is 415 g/mol. The minimum atomic E-state index is -3.58. The molecule has 29 heavy (non-hydrogen) atoms. The Morgan fingerprint density at radius 2 is 1.76 bits per heavy atom. The van der Waals surface area contributed by atoms with Gasteiger partial charge in [-0.1, -0.05) is 6.07 Å². The molecule has 2 aromatic carbocycles. The van der Waals surface area contributed by atoms with Crippen molar-refractivity contribution in [1.82, 2.24) is 13.9 Å². The molecule has 1 aromatic heterocycles. The summed E-state index contributed by atoms with van der Waals surface area (Å²) >= 11 is 0. The van der Waals surface area contributed by atoms with Crippen LogP contribution in [0.5, 0.6) is 0 Å². The van der Waals surface area contributed by atoms with Crippen molar-refractivity contribution >= 4 is 20.9 Å². The molecular formula is C21H22FN3O3S. The molecule has 0 saturated carbocycles. The molecule has 0 atom stereocenters. The van der Waals surface area contributed by atoms with Gasteiger partial charge >= 0.3 is 0 Å². The highest BCUT2D eigenvalue weighted by Gasteiger charge is 2.30. The molecule has 0 aliphatic carbocycles. The van der Waals surface area contributed by atoms with Gasteiger partial charge in [0.2, 0.25) is 10.0 Å². The van der Waals surface area contributed by atoms with Crippen LogP contribution in [-0.4, -0.2) is 35.4 Å². The molecule has 1 aliphatic rings. The molecule has 1 aliphatic heterocycles. The van der Waals surface area contributed by atoms with Crippen molar-refractivity contribution in [2.75, 3.05) is 13.1 Å². The van der Waals surface area contributed by atoms with E-state index in [1.807, 2.05) is 19.9 Å². The van der Waals surface area contributed by atoms with Crippen LogP contribution in [0.1, 0.15) is 30.0 Å². The lowest BCUT2D eigenvalue weighted by Crippen LogP contribution is -2.40. The third-order valence-corrected chi connectivity index (χ3v) is 7.57. The van der Waals surface area contributed by atoms with Gasteiger partial charge in [0.25, 0.3) is 5.56 Å². The van der Waals surface area contributed by atoms with E-state index in [1.165, 1.54) is 33.4 Å². The number of sulfonamides is 1. The zero-order valence-electron chi connectivity index (χ0n) is 16.3. The first-order valence-corrected chi connectivity index (χ1v) is 11.0. The molecule has 152 valence electrons. The highest BCUT2D eigenvalue weighted by molar-refractivity contribution is 7.89. The van der Waals surface area contributed by atoms with Gasteiger partial charge in [-0.3, -0.25) is 9.36 Å². The zero-order chi connectivity index (χ0) is 20.8. The Morgan fingerprint density at radius 1 is 1.03 bits per heavy atom. The molecule has 0 unspecified atom stereocenters. The van der Waals surface area contributed by atoms with Crippen molar-refractivity contribution in [1.29, 1.82) is 0 Å². The topological polar surface area (TPSA) is 72.3 Å². The Morgan fingerprint density at radius 3 is 2.45 bits per heavy atom. The number of nitrogens with zero attached hydrogens (tertiary/aromatic N) is 3. The molecule has 0 N–H and O–H groups in total. The van der Waals surface area contributed by atoms with Crippen LogP contribution in [0.4, 0.5) is 4.39 Å². The van der Waals surface area contributed by atoms with Crippen molar-refractivity contribution < 1.29 is 12.8 Å². The summed E-state index contributed by atoms with van der Waals surface area (Å²) < 4.78 is 42.5. The second-order valence-electron chi connectivity index (χ2n) is 7.50. The second kappa shape index (κ2) is 7.35. The average molecular weight is 415 g/mol. The molecule has 0 amide bonds. The predicted octanol–water partition coefficient (Wildman–Crippen LogP) is 3.18. The van der Waals surface area contributed by atoms with Crippen LogP contribution in [0.15, 0.2) is 52.4 Å². The minimum absolute atomic E-state index is 0.172. The van der Waals surface area contributed by atoms with Gasteiger partial charge in [-0.25, -0.2) is 17.8 Å². The number of fused-ring (bicyclic) bond motifs is 1. The lowest BCUT2D eigenvalue weighted by atomic mass is 10.1. The van der Waals surface area contributed by atoms with Crippen molar-refractivity contribution in [3.63, 3.8) is 0 Å². The highest BCUT2D eigenvalue weighted by Crippen LogP contribution is 2.27. The Kier molecular flexibility index (Phi) is 5.00. The highest BCUT2D eigenvalue weighted by atomic mass is 32.2. The van der Waals surface area contributed by atoms with Crippen LogP contribution in [0.3, 0.4) is 0 Å². The summed E-state index contributed by atoms with van der Waals surface area (Å²) in [4.78, 5) is 17.3. The van der Waals surface area contributed by atoms with Crippen LogP contribution in [-0.2, 0) is 10.0 Å². The maximum Gasteiger partial charge on any atom is 0.261 e. The second-order valence-corrected chi connectivity index (χ2v) is 9.44. The van der Waals surface area contributed by atoms with E-state index >= 15 is 0 Å². The van der Waals surface area contributed by atoms with Crippen molar-refractivity contribution in [3.05, 3.63) is 70.0 Å². The van der Waals surface area contributed by atoms with E-state index in [4.69, 9.17) is 0 Å². The van der Waals surface area contributed by atoms with Gasteiger partial charge in [0.15, 0.2) is 0 Å². The summed E-state index contributed by atoms with van der Waals surface area (Å²) in [5.74, 6) is -0.483. The van der Waals surface area contributed by atoms with E-state index < -0.39 is 15.8 Å². The van der Waals surface area contributed by atoms with Crippen LogP contribution >= 0.6 is 0 Å².